The van der Waals surface area contributed by atoms with Gasteiger partial charge >= 0.3 is 0 Å². The van der Waals surface area contributed by atoms with Gasteiger partial charge < -0.3 is 5.73 Å². The largest absolute Gasteiger partial charge is 0.319 e. The van der Waals surface area contributed by atoms with E-state index in [2.05, 4.69) is 0 Å². The number of halogens is 5. The fourth-order valence-electron chi connectivity index (χ4n) is 0.906. The van der Waals surface area contributed by atoms with Gasteiger partial charge in [0.05, 0.1) is 6.04 Å². The fourth-order valence-corrected chi connectivity index (χ4v) is 0.906. The van der Waals surface area contributed by atoms with E-state index in [0.717, 1.165) is 12.1 Å². The highest BCUT2D eigenvalue weighted by atomic mass is 35.5. The molecule has 1 aromatic carbocycles. The maximum absolute atomic E-state index is 12.8. The van der Waals surface area contributed by atoms with Crippen LogP contribution in [0.1, 0.15) is 11.6 Å². The van der Waals surface area contributed by atoms with E-state index in [1.165, 1.54) is 0 Å². The summed E-state index contributed by atoms with van der Waals surface area (Å²) in [6.45, 7) is 0. The van der Waals surface area contributed by atoms with Crippen LogP contribution in [0.15, 0.2) is 18.2 Å². The lowest BCUT2D eigenvalue weighted by molar-refractivity contribution is 0.114. The first-order chi connectivity index (χ1) is 6.02. The number of hydrogen-bond donors (Lipinski definition) is 1. The van der Waals surface area contributed by atoms with Crippen LogP contribution in [-0.2, 0) is 0 Å². The Labute approximate surface area is 84.3 Å². The van der Waals surface area contributed by atoms with Crippen LogP contribution in [0.5, 0.6) is 0 Å². The van der Waals surface area contributed by atoms with Gasteiger partial charge in [0.1, 0.15) is 11.6 Å². The van der Waals surface area contributed by atoms with Crippen molar-refractivity contribution in [1.82, 2.24) is 0 Å². The van der Waals surface area contributed by atoms with Crippen molar-refractivity contribution in [1.29, 1.82) is 0 Å². The molecule has 6 heteroatoms. The number of nitrogens with two attached hydrogens (primary N) is 1. The highest BCUT2D eigenvalue weighted by Crippen LogP contribution is 2.21. The van der Waals surface area contributed by atoms with Gasteiger partial charge in [0, 0.05) is 5.56 Å². The smallest absolute Gasteiger partial charge is 0.257 e. The summed E-state index contributed by atoms with van der Waals surface area (Å²) in [5, 5.41) is 0. The Hall–Kier alpha value is -0.810. The third kappa shape index (κ3) is 2.85. The van der Waals surface area contributed by atoms with Gasteiger partial charge in [0.15, 0.2) is 0 Å². The molecule has 0 saturated heterocycles. The molecule has 0 aromatic heterocycles. The molecule has 14 heavy (non-hydrogen) atoms. The van der Waals surface area contributed by atoms with Gasteiger partial charge in [-0.15, -0.1) is 12.4 Å². The predicted molar refractivity (Wildman–Crippen MR) is 46.5 cm³/mol. The van der Waals surface area contributed by atoms with E-state index in [1.807, 2.05) is 0 Å². The van der Waals surface area contributed by atoms with Crippen molar-refractivity contribution in [3.05, 3.63) is 35.4 Å². The second kappa shape index (κ2) is 5.17. The van der Waals surface area contributed by atoms with Crippen molar-refractivity contribution in [2.75, 3.05) is 0 Å². The molecular weight excluding hydrogens is 222 g/mol. The molecule has 0 spiro atoms. The molecule has 0 aliphatic rings. The summed E-state index contributed by atoms with van der Waals surface area (Å²) >= 11 is 0. The summed E-state index contributed by atoms with van der Waals surface area (Å²) < 4.78 is 49.3. The molecule has 0 aliphatic carbocycles. The summed E-state index contributed by atoms with van der Waals surface area (Å²) in [5.74, 6) is -1.71. The van der Waals surface area contributed by atoms with E-state index in [1.54, 1.807) is 0 Å². The normalized spacial score (nSPS) is 12.4. The van der Waals surface area contributed by atoms with Crippen molar-refractivity contribution < 1.29 is 17.6 Å². The van der Waals surface area contributed by atoms with Crippen molar-refractivity contribution >= 4 is 12.4 Å². The first-order valence-electron chi connectivity index (χ1n) is 3.51. The van der Waals surface area contributed by atoms with Crippen LogP contribution in [0.3, 0.4) is 0 Å². The minimum atomic E-state index is -2.91. The van der Waals surface area contributed by atoms with Crippen molar-refractivity contribution in [3.63, 3.8) is 0 Å². The number of benzene rings is 1. The van der Waals surface area contributed by atoms with Gasteiger partial charge in [-0.25, -0.2) is 17.6 Å². The van der Waals surface area contributed by atoms with Crippen LogP contribution in [0.4, 0.5) is 17.6 Å². The molecule has 0 unspecified atom stereocenters. The van der Waals surface area contributed by atoms with Crippen molar-refractivity contribution in [3.8, 4) is 0 Å². The van der Waals surface area contributed by atoms with Crippen LogP contribution in [0, 0.1) is 11.6 Å². The maximum atomic E-state index is 12.8. The van der Waals surface area contributed by atoms with Gasteiger partial charge in [-0.05, 0) is 18.2 Å². The molecule has 0 bridgehead atoms. The van der Waals surface area contributed by atoms with Gasteiger partial charge in [-0.2, -0.15) is 0 Å². The molecule has 1 aromatic rings. The lowest BCUT2D eigenvalue weighted by Crippen LogP contribution is -2.20. The zero-order valence-electron chi connectivity index (χ0n) is 6.88. The van der Waals surface area contributed by atoms with E-state index in [9.17, 15) is 17.6 Å². The molecule has 0 aliphatic heterocycles. The summed E-state index contributed by atoms with van der Waals surface area (Å²) in [6, 6.07) is 0.506. The van der Waals surface area contributed by atoms with Crippen LogP contribution < -0.4 is 5.73 Å². The van der Waals surface area contributed by atoms with Gasteiger partial charge in [0.25, 0.3) is 6.43 Å². The monoisotopic (exact) mass is 229 g/mol. The van der Waals surface area contributed by atoms with E-state index >= 15 is 0 Å². The number of rotatable bonds is 2. The fraction of sp³-hybridized carbons (Fsp3) is 0.250. The van der Waals surface area contributed by atoms with E-state index in [-0.39, 0.29) is 12.4 Å². The zero-order chi connectivity index (χ0) is 10.0. The van der Waals surface area contributed by atoms with Gasteiger partial charge in [-0.3, -0.25) is 0 Å². The van der Waals surface area contributed by atoms with Crippen LogP contribution in [0.2, 0.25) is 0 Å². The van der Waals surface area contributed by atoms with Crippen molar-refractivity contribution in [2.24, 2.45) is 5.73 Å². The minimum Gasteiger partial charge on any atom is -0.319 e. The molecule has 0 saturated carbocycles. The highest BCUT2D eigenvalue weighted by Gasteiger charge is 2.21. The minimum absolute atomic E-state index is 0. The van der Waals surface area contributed by atoms with E-state index in [0.29, 0.717) is 6.07 Å². The second-order valence-electron chi connectivity index (χ2n) is 2.53. The predicted octanol–water partition coefficient (Wildman–Crippen LogP) is 2.65. The average molecular weight is 230 g/mol. The van der Waals surface area contributed by atoms with Gasteiger partial charge in [-0.1, -0.05) is 0 Å². The quantitative estimate of drug-likeness (QED) is 0.776. The topological polar surface area (TPSA) is 26.0 Å². The first-order valence-corrected chi connectivity index (χ1v) is 3.51. The van der Waals surface area contributed by atoms with E-state index in [4.69, 9.17) is 5.73 Å². The zero-order valence-corrected chi connectivity index (χ0v) is 7.70. The van der Waals surface area contributed by atoms with Crippen molar-refractivity contribution in [2.45, 2.75) is 12.5 Å². The molecule has 1 atom stereocenters. The molecule has 0 fully saturated rings. The third-order valence-corrected chi connectivity index (χ3v) is 1.59. The Morgan fingerprint density at radius 1 is 1.14 bits per heavy atom. The summed E-state index contributed by atoms with van der Waals surface area (Å²) in [7, 11) is 0. The standard InChI is InChI=1S/C8H7F4N.ClH/c9-4-1-2-6(10)5(3-4)7(13)8(11)12;/h1-3,7-8H,13H2;1H/t7-;/m1./s1. The highest BCUT2D eigenvalue weighted by molar-refractivity contribution is 5.85. The molecule has 1 nitrogen and oxygen atoms in total. The Kier molecular flexibility index (Phi) is 4.87. The third-order valence-electron chi connectivity index (χ3n) is 1.59. The van der Waals surface area contributed by atoms with Crippen LogP contribution >= 0.6 is 12.4 Å². The Morgan fingerprint density at radius 3 is 2.21 bits per heavy atom. The van der Waals surface area contributed by atoms with Crippen LogP contribution in [-0.4, -0.2) is 6.43 Å². The summed E-state index contributed by atoms with van der Waals surface area (Å²) in [6.07, 6.45) is -2.91. The van der Waals surface area contributed by atoms with E-state index < -0.39 is 29.7 Å². The summed E-state index contributed by atoms with van der Waals surface area (Å²) in [4.78, 5) is 0. The molecular formula is C8H8ClF4N. The maximum Gasteiger partial charge on any atom is 0.257 e. The lowest BCUT2D eigenvalue weighted by Gasteiger charge is -2.11. The molecule has 1 rings (SSSR count). The Morgan fingerprint density at radius 2 is 1.71 bits per heavy atom. The Balaban J connectivity index is 0.00000169. The second-order valence-corrected chi connectivity index (χ2v) is 2.53. The summed E-state index contributed by atoms with van der Waals surface area (Å²) in [5.41, 5.74) is 4.45. The Bertz CT molecular complexity index is 305. The number of hydrogen-bond acceptors (Lipinski definition) is 1. The lowest BCUT2D eigenvalue weighted by atomic mass is 10.1. The molecule has 0 heterocycles. The van der Waals surface area contributed by atoms with Crippen LogP contribution in [0.25, 0.3) is 0 Å². The first kappa shape index (κ1) is 13.2. The van der Waals surface area contributed by atoms with Gasteiger partial charge in [0.2, 0.25) is 0 Å². The average Bonchev–Trinajstić information content (AvgIpc) is 2.08. The molecule has 80 valence electrons. The molecule has 2 N–H and O–H groups in total. The number of alkyl halides is 2. The molecule has 0 radical (unpaired) electrons. The SMILES string of the molecule is Cl.N[C@H](c1cc(F)ccc1F)C(F)F. The molecule has 0 amide bonds.